The minimum atomic E-state index is -4.62. The van der Waals surface area contributed by atoms with Crippen molar-refractivity contribution in [3.8, 4) is 0 Å². The molecule has 1 saturated heterocycles. The van der Waals surface area contributed by atoms with E-state index < -0.39 is 60.0 Å². The smallest absolute Gasteiger partial charge is 0.334 e. The van der Waals surface area contributed by atoms with Crippen molar-refractivity contribution < 1.29 is 45.7 Å². The van der Waals surface area contributed by atoms with E-state index in [4.69, 9.17) is 25.2 Å². The van der Waals surface area contributed by atoms with Gasteiger partial charge in [-0.25, -0.2) is 14.3 Å². The molecule has 4 amide bonds. The molecule has 1 aromatic rings. The highest BCUT2D eigenvalue weighted by molar-refractivity contribution is 7.48. The van der Waals surface area contributed by atoms with Gasteiger partial charge in [0.1, 0.15) is 12.3 Å². The second-order valence-corrected chi connectivity index (χ2v) is 14.8. The van der Waals surface area contributed by atoms with Crippen LogP contribution in [0.15, 0.2) is 12.1 Å². The van der Waals surface area contributed by atoms with E-state index in [0.29, 0.717) is 24.0 Å². The Morgan fingerprint density at radius 1 is 1.05 bits per heavy atom. The maximum Gasteiger partial charge on any atom is 0.477 e. The average molecular weight is 638 g/mol. The number of benzene rings is 1. The van der Waals surface area contributed by atoms with Crippen molar-refractivity contribution in [2.24, 2.45) is 5.92 Å². The summed E-state index contributed by atoms with van der Waals surface area (Å²) in [6.45, 7) is 9.28. The number of hydrogen-bond donors (Lipinski definition) is 1. The molecule has 1 unspecified atom stereocenters. The lowest BCUT2D eigenvalue weighted by atomic mass is 9.87. The third kappa shape index (κ3) is 7.30. The average Bonchev–Trinajstić information content (AvgIpc) is 3.52. The summed E-state index contributed by atoms with van der Waals surface area (Å²) in [6, 6.07) is 1.42. The maximum absolute atomic E-state index is 13.6. The number of nitrogens with one attached hydrogen (secondary N) is 1. The number of nitrogens with zero attached hydrogens (tertiary/aromatic N) is 2. The summed E-state index contributed by atoms with van der Waals surface area (Å²) in [4.78, 5) is 41.9. The van der Waals surface area contributed by atoms with E-state index in [0.717, 1.165) is 11.0 Å². The van der Waals surface area contributed by atoms with Crippen molar-refractivity contribution in [2.75, 3.05) is 6.73 Å². The fraction of sp³-hybridized carbons (Fsp3) is 0.667. The van der Waals surface area contributed by atoms with Crippen LogP contribution < -0.4 is 5.32 Å². The molecule has 0 bridgehead atoms. The maximum atomic E-state index is 13.6. The lowest BCUT2D eigenvalue weighted by Crippen LogP contribution is -2.50. The lowest BCUT2D eigenvalue weighted by Gasteiger charge is -2.31. The fourth-order valence-corrected chi connectivity index (χ4v) is 7.17. The van der Waals surface area contributed by atoms with Gasteiger partial charge in [0.25, 0.3) is 5.91 Å². The molecular formula is C27H36ClF3N3O7P. The van der Waals surface area contributed by atoms with Gasteiger partial charge in [-0.15, -0.1) is 0 Å². The van der Waals surface area contributed by atoms with Crippen molar-refractivity contribution in [1.29, 1.82) is 0 Å². The Morgan fingerprint density at radius 2 is 1.60 bits per heavy atom. The van der Waals surface area contributed by atoms with Crippen LogP contribution in [0.25, 0.3) is 0 Å². The predicted octanol–water partition coefficient (Wildman–Crippen LogP) is 6.39. The van der Waals surface area contributed by atoms with Crippen molar-refractivity contribution >= 4 is 37.3 Å². The molecule has 15 heteroatoms. The number of halogens is 4. The fourth-order valence-electron chi connectivity index (χ4n) is 5.14. The molecule has 2 fully saturated rings. The number of rotatable bonds is 9. The molecule has 0 radical (unpaired) electrons. The van der Waals surface area contributed by atoms with Crippen molar-refractivity contribution in [1.82, 2.24) is 15.1 Å². The lowest BCUT2D eigenvalue weighted by molar-refractivity contribution is -0.138. The molecule has 3 aliphatic rings. The van der Waals surface area contributed by atoms with Crippen molar-refractivity contribution in [3.05, 3.63) is 33.8 Å². The summed E-state index contributed by atoms with van der Waals surface area (Å²) < 4.78 is 69.9. The topological polar surface area (TPSA) is 114 Å². The number of fused-ring (bicyclic) bond motifs is 1. The van der Waals surface area contributed by atoms with Gasteiger partial charge < -0.3 is 10.2 Å². The van der Waals surface area contributed by atoms with Crippen molar-refractivity contribution in [3.63, 3.8) is 0 Å². The largest absolute Gasteiger partial charge is 0.477 e. The molecule has 2 heterocycles. The zero-order valence-corrected chi connectivity index (χ0v) is 26.0. The number of amides is 4. The van der Waals surface area contributed by atoms with Crippen LogP contribution in [0.5, 0.6) is 0 Å². The molecule has 0 aromatic heterocycles. The summed E-state index contributed by atoms with van der Waals surface area (Å²) in [5.74, 6) is -1.21. The summed E-state index contributed by atoms with van der Waals surface area (Å²) in [6.07, 6.45) is -3.47. The summed E-state index contributed by atoms with van der Waals surface area (Å²) in [5.41, 5.74) is -3.31. The molecule has 2 aliphatic heterocycles. The zero-order chi connectivity index (χ0) is 31.5. The Morgan fingerprint density at radius 3 is 2.10 bits per heavy atom. The molecule has 4 rings (SSSR count). The second kappa shape index (κ2) is 11.1. The standard InChI is InChI=1S/C27H36ClF3N3O7P/c1-24(2,3)40-42(38,41-25(4,5)6)39-15-34-22(36)26(18-7-8-18,32-23(34)37)10-9-21(35)33-13-16-11-19(27(29,30)31)20(28)12-17(16)14-33/h11-12,18H,7-10,13-15H2,1-6H3,(H,32,37). The first-order valence-electron chi connectivity index (χ1n) is 13.6. The van der Waals surface area contributed by atoms with E-state index >= 15 is 0 Å². The summed E-state index contributed by atoms with van der Waals surface area (Å²) >= 11 is 5.84. The third-order valence-corrected chi connectivity index (χ3v) is 9.28. The number of alkyl halides is 3. The number of phosphoric acid groups is 1. The third-order valence-electron chi connectivity index (χ3n) is 7.00. The number of carbonyl (C=O) groups is 3. The SMILES string of the molecule is CC(C)(C)OP(=O)(OCN1C(=O)NC(CCC(=O)N2Cc3cc(Cl)c(C(F)(F)F)cc3C2)(C2CC2)C1=O)OC(C)(C)C. The molecule has 1 aromatic carbocycles. The van der Waals surface area contributed by atoms with Crippen LogP contribution in [-0.2, 0) is 47.0 Å². The zero-order valence-electron chi connectivity index (χ0n) is 24.4. The molecule has 0 spiro atoms. The number of hydrogen-bond acceptors (Lipinski definition) is 7. The molecule has 1 atom stereocenters. The normalized spacial score (nSPS) is 21.7. The van der Waals surface area contributed by atoms with Crippen LogP contribution in [0, 0.1) is 5.92 Å². The van der Waals surface area contributed by atoms with E-state index in [9.17, 15) is 32.1 Å². The molecule has 1 N–H and O–H groups in total. The second-order valence-electron chi connectivity index (χ2n) is 12.9. The van der Waals surface area contributed by atoms with E-state index in [1.54, 1.807) is 41.5 Å². The summed E-state index contributed by atoms with van der Waals surface area (Å²) in [7, 11) is -4.22. The number of phosphoric ester groups is 1. The Hall–Kier alpha value is -2.18. The van der Waals surface area contributed by atoms with Crippen LogP contribution in [0.4, 0.5) is 18.0 Å². The van der Waals surface area contributed by atoms with Gasteiger partial charge in [-0.3, -0.25) is 23.2 Å². The molecule has 10 nitrogen and oxygen atoms in total. The minimum absolute atomic E-state index is 0.0202. The first kappa shape index (κ1) is 32.7. The van der Waals surface area contributed by atoms with E-state index in [2.05, 4.69) is 5.32 Å². The van der Waals surface area contributed by atoms with E-state index in [1.165, 1.54) is 11.0 Å². The molecule has 1 saturated carbocycles. The van der Waals surface area contributed by atoms with E-state index in [1.807, 2.05) is 0 Å². The van der Waals surface area contributed by atoms with Crippen molar-refractivity contribution in [2.45, 2.75) is 103 Å². The molecular weight excluding hydrogens is 602 g/mol. The minimum Gasteiger partial charge on any atom is -0.334 e. The van der Waals surface area contributed by atoms with Crippen LogP contribution >= 0.6 is 19.4 Å². The van der Waals surface area contributed by atoms with Gasteiger partial charge in [0.05, 0.1) is 21.8 Å². The quantitative estimate of drug-likeness (QED) is 0.246. The van der Waals surface area contributed by atoms with Gasteiger partial charge in [-0.2, -0.15) is 13.2 Å². The predicted molar refractivity (Wildman–Crippen MR) is 146 cm³/mol. The van der Waals surface area contributed by atoms with Gasteiger partial charge in [-0.1, -0.05) is 11.6 Å². The van der Waals surface area contributed by atoms with E-state index in [-0.39, 0.29) is 37.8 Å². The molecule has 1 aliphatic carbocycles. The number of imide groups is 1. The Balaban J connectivity index is 1.44. The van der Waals surface area contributed by atoms with Crippen LogP contribution in [0.2, 0.25) is 5.02 Å². The van der Waals surface area contributed by atoms with Gasteiger partial charge in [-0.05, 0) is 90.0 Å². The Bertz CT molecular complexity index is 1300. The Labute approximate surface area is 247 Å². The van der Waals surface area contributed by atoms with Crippen LogP contribution in [-0.4, -0.2) is 51.1 Å². The van der Waals surface area contributed by atoms with Crippen LogP contribution in [0.3, 0.4) is 0 Å². The van der Waals surface area contributed by atoms with Gasteiger partial charge >= 0.3 is 20.0 Å². The first-order chi connectivity index (χ1) is 19.1. The highest BCUT2D eigenvalue weighted by Crippen LogP contribution is 2.56. The molecule has 234 valence electrons. The van der Waals surface area contributed by atoms with Gasteiger partial charge in [0.2, 0.25) is 5.91 Å². The first-order valence-corrected chi connectivity index (χ1v) is 15.4. The van der Waals surface area contributed by atoms with Gasteiger partial charge in [0, 0.05) is 19.5 Å². The number of urea groups is 1. The Kier molecular flexibility index (Phi) is 8.63. The summed E-state index contributed by atoms with van der Waals surface area (Å²) in [5, 5.41) is 2.29. The number of carbonyl (C=O) groups excluding carboxylic acids is 3. The van der Waals surface area contributed by atoms with Gasteiger partial charge in [0.15, 0.2) is 0 Å². The van der Waals surface area contributed by atoms with Crippen LogP contribution in [0.1, 0.15) is 83.9 Å². The monoisotopic (exact) mass is 637 g/mol. The highest BCUT2D eigenvalue weighted by atomic mass is 35.5. The highest BCUT2D eigenvalue weighted by Gasteiger charge is 2.59. The molecule has 42 heavy (non-hydrogen) atoms.